The number of carbonyl (C=O) groups excluding carboxylic acids is 2. The lowest BCUT2D eigenvalue weighted by Gasteiger charge is -2.43. The van der Waals surface area contributed by atoms with E-state index in [0.717, 1.165) is 32.1 Å². The number of Topliss-reactive ketones (excluding diaryl/α,β-unsaturated/α-hetero) is 1. The summed E-state index contributed by atoms with van der Waals surface area (Å²) in [6, 6.07) is 7.43. The number of nitrogens with zero attached hydrogens (tertiary/aromatic N) is 1. The molecular formula is C14H15BNO3. The summed E-state index contributed by atoms with van der Waals surface area (Å²) in [5, 5.41) is 0. The maximum Gasteiger partial charge on any atom is 0.293 e. The van der Waals surface area contributed by atoms with Gasteiger partial charge in [-0.2, -0.15) is 0 Å². The van der Waals surface area contributed by atoms with E-state index in [0.29, 0.717) is 17.7 Å². The minimum atomic E-state index is -0.376. The molecule has 1 fully saturated rings. The Morgan fingerprint density at radius 2 is 2.00 bits per heavy atom. The Balaban J connectivity index is 1.78. The minimum Gasteiger partial charge on any atom is -0.486 e. The van der Waals surface area contributed by atoms with Crippen LogP contribution in [0.15, 0.2) is 24.3 Å². The van der Waals surface area contributed by atoms with Gasteiger partial charge in [-0.25, -0.2) is 0 Å². The van der Waals surface area contributed by atoms with Gasteiger partial charge in [-0.15, -0.1) is 0 Å². The van der Waals surface area contributed by atoms with Crippen LogP contribution >= 0.6 is 0 Å². The van der Waals surface area contributed by atoms with Crippen molar-refractivity contribution in [3.8, 4) is 5.75 Å². The normalized spacial score (nSPS) is 21.6. The maximum atomic E-state index is 12.2. The number of para-hydroxylation sites is 1. The van der Waals surface area contributed by atoms with Crippen molar-refractivity contribution in [1.82, 2.24) is 4.81 Å². The smallest absolute Gasteiger partial charge is 0.293 e. The molecule has 2 aliphatic rings. The van der Waals surface area contributed by atoms with Crippen molar-refractivity contribution < 1.29 is 14.3 Å². The molecule has 0 amide bonds. The van der Waals surface area contributed by atoms with E-state index in [4.69, 9.17) is 4.74 Å². The van der Waals surface area contributed by atoms with E-state index in [2.05, 4.69) is 0 Å². The van der Waals surface area contributed by atoms with Crippen LogP contribution in [-0.4, -0.2) is 42.9 Å². The molecule has 5 heteroatoms. The number of hydrogen-bond donors (Lipinski definition) is 0. The van der Waals surface area contributed by atoms with E-state index >= 15 is 0 Å². The second kappa shape index (κ2) is 4.81. The summed E-state index contributed by atoms with van der Waals surface area (Å²) in [6.45, 7) is 1.52. The number of ether oxygens (including phenoxy) is 1. The first-order chi connectivity index (χ1) is 9.22. The number of carbonyl (C=O) groups is 2. The van der Waals surface area contributed by atoms with Gasteiger partial charge >= 0.3 is 0 Å². The van der Waals surface area contributed by atoms with Crippen molar-refractivity contribution in [3.63, 3.8) is 0 Å². The van der Waals surface area contributed by atoms with Crippen LogP contribution in [0.5, 0.6) is 5.75 Å². The third-order valence-corrected chi connectivity index (χ3v) is 3.98. The summed E-state index contributed by atoms with van der Waals surface area (Å²) in [7, 11) is 1.56. The molecule has 0 aliphatic carbocycles. The Kier molecular flexibility index (Phi) is 3.15. The molecule has 3 rings (SSSR count). The monoisotopic (exact) mass is 256 g/mol. The van der Waals surface area contributed by atoms with Gasteiger partial charge in [-0.1, -0.05) is 12.1 Å². The lowest BCUT2D eigenvalue weighted by Crippen LogP contribution is -2.51. The topological polar surface area (TPSA) is 46.6 Å². The van der Waals surface area contributed by atoms with E-state index < -0.39 is 0 Å². The molecule has 0 aromatic heterocycles. The number of benzene rings is 1. The van der Waals surface area contributed by atoms with Gasteiger partial charge in [0.1, 0.15) is 11.4 Å². The lowest BCUT2D eigenvalue weighted by molar-refractivity contribution is 0.00565. The van der Waals surface area contributed by atoms with Crippen LogP contribution in [0, 0.1) is 0 Å². The van der Waals surface area contributed by atoms with E-state index in [-0.39, 0.29) is 11.4 Å². The summed E-state index contributed by atoms with van der Waals surface area (Å²) >= 11 is 0. The zero-order valence-electron chi connectivity index (χ0n) is 10.7. The van der Waals surface area contributed by atoms with Crippen molar-refractivity contribution >= 4 is 19.4 Å². The highest BCUT2D eigenvalue weighted by molar-refractivity contribution is 6.64. The van der Waals surface area contributed by atoms with Gasteiger partial charge in [-0.05, 0) is 38.1 Å². The summed E-state index contributed by atoms with van der Waals surface area (Å²) < 4.78 is 6.11. The molecule has 2 aliphatic heterocycles. The molecule has 97 valence electrons. The van der Waals surface area contributed by atoms with Crippen LogP contribution in [0.25, 0.3) is 0 Å². The molecule has 0 saturated carbocycles. The predicted octanol–water partition coefficient (Wildman–Crippen LogP) is 1.30. The average Bonchev–Trinajstić information content (AvgIpc) is 2.42. The highest BCUT2D eigenvalue weighted by Crippen LogP contribution is 2.38. The van der Waals surface area contributed by atoms with Gasteiger partial charge in [0, 0.05) is 0 Å². The standard InChI is InChI=1S/C14H15BNO3/c17-10-15-16-7-5-14(6-8-16)9-12(18)11-3-1-2-4-13(11)19-14/h1-4,10H,5-9H2. The number of fused-ring (bicyclic) bond motifs is 1. The summed E-state index contributed by atoms with van der Waals surface area (Å²) in [5.41, 5.74) is 0.313. The SMILES string of the molecule is O=C[B]N1CCC2(CC1)CC(=O)c1ccccc1O2. The van der Waals surface area contributed by atoms with Gasteiger partial charge in [0.15, 0.2) is 5.78 Å². The van der Waals surface area contributed by atoms with Gasteiger partial charge in [-0.3, -0.25) is 4.79 Å². The predicted molar refractivity (Wildman–Crippen MR) is 72.1 cm³/mol. The molecule has 0 N–H and O–H groups in total. The van der Waals surface area contributed by atoms with Gasteiger partial charge in [0.05, 0.1) is 18.2 Å². The first-order valence-electron chi connectivity index (χ1n) is 6.56. The third kappa shape index (κ3) is 2.30. The highest BCUT2D eigenvalue weighted by Gasteiger charge is 2.42. The van der Waals surface area contributed by atoms with Crippen molar-refractivity contribution in [1.29, 1.82) is 0 Å². The second-order valence-electron chi connectivity index (χ2n) is 5.20. The van der Waals surface area contributed by atoms with E-state index in [1.165, 1.54) is 0 Å². The minimum absolute atomic E-state index is 0.162. The molecule has 1 radical (unpaired) electrons. The molecule has 1 saturated heterocycles. The third-order valence-electron chi connectivity index (χ3n) is 3.98. The van der Waals surface area contributed by atoms with Crippen LogP contribution in [0.2, 0.25) is 0 Å². The van der Waals surface area contributed by atoms with Crippen LogP contribution in [-0.2, 0) is 4.79 Å². The van der Waals surface area contributed by atoms with Gasteiger partial charge in [0.2, 0.25) is 0 Å². The quantitative estimate of drug-likeness (QED) is 0.591. The number of rotatable bonds is 2. The molecular weight excluding hydrogens is 241 g/mol. The summed E-state index contributed by atoms with van der Waals surface area (Å²) in [5.74, 6) is 0.862. The Bertz CT molecular complexity index is 509. The summed E-state index contributed by atoms with van der Waals surface area (Å²) in [4.78, 5) is 24.7. The molecule has 1 spiro atoms. The van der Waals surface area contributed by atoms with Crippen molar-refractivity contribution in [2.75, 3.05) is 13.1 Å². The molecule has 2 heterocycles. The van der Waals surface area contributed by atoms with Gasteiger partial charge in [0.25, 0.3) is 7.41 Å². The Hall–Kier alpha value is -1.62. The molecule has 1 aromatic carbocycles. The maximum absolute atomic E-state index is 12.2. The Morgan fingerprint density at radius 3 is 2.74 bits per heavy atom. The van der Waals surface area contributed by atoms with Crippen molar-refractivity contribution in [2.45, 2.75) is 24.9 Å². The molecule has 4 nitrogen and oxygen atoms in total. The zero-order chi connectivity index (χ0) is 13.3. The largest absolute Gasteiger partial charge is 0.486 e. The molecule has 0 atom stereocenters. The zero-order valence-corrected chi connectivity index (χ0v) is 10.7. The molecule has 0 bridgehead atoms. The number of hydrogen-bond acceptors (Lipinski definition) is 4. The Morgan fingerprint density at radius 1 is 1.26 bits per heavy atom. The number of piperidine rings is 1. The lowest BCUT2D eigenvalue weighted by atomic mass is 9.79. The first-order valence-corrected chi connectivity index (χ1v) is 6.56. The fourth-order valence-corrected chi connectivity index (χ4v) is 2.89. The number of ketones is 1. The second-order valence-corrected chi connectivity index (χ2v) is 5.20. The van der Waals surface area contributed by atoms with E-state index in [9.17, 15) is 9.59 Å². The molecule has 1 aromatic rings. The van der Waals surface area contributed by atoms with Crippen molar-refractivity contribution in [3.05, 3.63) is 29.8 Å². The summed E-state index contributed by atoms with van der Waals surface area (Å²) in [6.07, 6.45) is 2.80. The molecule has 19 heavy (non-hydrogen) atoms. The van der Waals surface area contributed by atoms with Gasteiger partial charge < -0.3 is 14.3 Å². The van der Waals surface area contributed by atoms with E-state index in [1.54, 1.807) is 7.41 Å². The van der Waals surface area contributed by atoms with Crippen LogP contribution in [0.4, 0.5) is 0 Å². The van der Waals surface area contributed by atoms with Crippen molar-refractivity contribution in [2.24, 2.45) is 0 Å². The molecule has 0 unspecified atom stereocenters. The van der Waals surface area contributed by atoms with Crippen LogP contribution in [0.1, 0.15) is 29.6 Å². The highest BCUT2D eigenvalue weighted by atomic mass is 16.5. The first kappa shape index (κ1) is 12.4. The fourth-order valence-electron chi connectivity index (χ4n) is 2.89. The Labute approximate surface area is 113 Å². The van der Waals surface area contributed by atoms with Crippen LogP contribution in [0.3, 0.4) is 0 Å². The average molecular weight is 256 g/mol. The van der Waals surface area contributed by atoms with E-state index in [1.807, 2.05) is 29.1 Å². The fraction of sp³-hybridized carbons (Fsp3) is 0.429. The van der Waals surface area contributed by atoms with Crippen LogP contribution < -0.4 is 4.74 Å².